The molecule has 2 amide bonds. The number of hydrogen-bond acceptors (Lipinski definition) is 14. The topological polar surface area (TPSA) is 278 Å². The fourth-order valence-electron chi connectivity index (χ4n) is 4.50. The Bertz CT molecular complexity index is 1530. The van der Waals surface area contributed by atoms with Crippen LogP contribution in [0.3, 0.4) is 0 Å². The summed E-state index contributed by atoms with van der Waals surface area (Å²) in [6.45, 7) is 2.95. The third-order valence-corrected chi connectivity index (χ3v) is 8.70. The molecule has 0 aliphatic carbocycles. The minimum absolute atomic E-state index is 0.00625. The maximum Gasteiger partial charge on any atom is 0.352 e. The summed E-state index contributed by atoms with van der Waals surface area (Å²) >= 11 is 2.01. The average molecular weight is 654 g/mol. The number of aliphatic carboxylic acids is 2. The second-order valence-electron chi connectivity index (χ2n) is 10.3. The summed E-state index contributed by atoms with van der Waals surface area (Å²) in [5.41, 5.74) is 16.2. The van der Waals surface area contributed by atoms with E-state index < -0.39 is 46.5 Å². The van der Waals surface area contributed by atoms with Gasteiger partial charge in [0.05, 0.1) is 12.2 Å². The van der Waals surface area contributed by atoms with E-state index in [-0.39, 0.29) is 42.1 Å². The number of nitrogens with zero attached hydrogens (tertiary/aromatic N) is 6. The summed E-state index contributed by atoms with van der Waals surface area (Å²) in [5.74, 6) is -3.91. The molecular formula is C24H33N10O8S2+. The molecule has 10 N–H and O–H groups in total. The van der Waals surface area contributed by atoms with E-state index in [4.69, 9.17) is 22.0 Å². The van der Waals surface area contributed by atoms with E-state index in [0.29, 0.717) is 30.8 Å². The van der Waals surface area contributed by atoms with E-state index in [9.17, 15) is 34.5 Å². The number of amides is 2. The molecule has 4 heterocycles. The molecule has 0 radical (unpaired) electrons. The van der Waals surface area contributed by atoms with Crippen molar-refractivity contribution in [2.24, 2.45) is 10.9 Å². The van der Waals surface area contributed by atoms with E-state index in [1.54, 1.807) is 15.6 Å². The van der Waals surface area contributed by atoms with Crippen LogP contribution in [-0.2, 0) is 43.5 Å². The number of nitrogens with one attached hydrogen (secondary N) is 1. The average Bonchev–Trinajstić information content (AvgIpc) is 3.52. The molecule has 0 aromatic carbocycles. The second kappa shape index (κ2) is 13.2. The SMILES string of the molecule is CC(C)(O/N=C(\C(=O)N[C@@H]1C(=O)N2C(C(=O)O)=C(C[n+]3cc(CCCN)c(N)n3CCO)CS[C@H]12)c1nsc(N)n1)C(=O)O. The molecular weight excluding hydrogens is 620 g/mol. The van der Waals surface area contributed by atoms with Crippen molar-refractivity contribution in [1.82, 2.24) is 24.3 Å². The molecule has 18 nitrogen and oxygen atoms in total. The van der Waals surface area contributed by atoms with Crippen LogP contribution < -0.4 is 27.2 Å². The number of carboxylic acids is 2. The van der Waals surface area contributed by atoms with E-state index in [2.05, 4.69) is 19.8 Å². The Labute approximate surface area is 258 Å². The lowest BCUT2D eigenvalue weighted by Crippen LogP contribution is -2.71. The van der Waals surface area contributed by atoms with Gasteiger partial charge in [0.15, 0.2) is 17.5 Å². The number of β-lactam (4-membered cyclic amide) rings is 1. The van der Waals surface area contributed by atoms with Gasteiger partial charge in [-0.2, -0.15) is 9.36 Å². The minimum Gasteiger partial charge on any atom is -0.478 e. The highest BCUT2D eigenvalue weighted by molar-refractivity contribution is 8.00. The zero-order chi connectivity index (χ0) is 32.3. The summed E-state index contributed by atoms with van der Waals surface area (Å²) in [5, 5.41) is 34.4. The van der Waals surface area contributed by atoms with Crippen LogP contribution in [0.2, 0.25) is 0 Å². The van der Waals surface area contributed by atoms with Crippen molar-refractivity contribution in [3.05, 3.63) is 28.9 Å². The summed E-state index contributed by atoms with van der Waals surface area (Å²) in [7, 11) is 0. The Morgan fingerprint density at radius 3 is 2.61 bits per heavy atom. The van der Waals surface area contributed by atoms with E-state index in [1.807, 2.05) is 0 Å². The second-order valence-corrected chi connectivity index (χ2v) is 12.2. The monoisotopic (exact) mass is 653 g/mol. The van der Waals surface area contributed by atoms with Crippen molar-refractivity contribution < 1.29 is 44.0 Å². The number of carbonyl (C=O) groups is 4. The molecule has 2 atom stereocenters. The van der Waals surface area contributed by atoms with Gasteiger partial charge < -0.3 is 42.7 Å². The molecule has 2 aliphatic heterocycles. The van der Waals surface area contributed by atoms with Crippen molar-refractivity contribution in [2.75, 3.05) is 30.4 Å². The lowest BCUT2D eigenvalue weighted by Gasteiger charge is -2.49. The van der Waals surface area contributed by atoms with Crippen LogP contribution in [0, 0.1) is 0 Å². The van der Waals surface area contributed by atoms with Crippen molar-refractivity contribution in [1.29, 1.82) is 0 Å². The van der Waals surface area contributed by atoms with Gasteiger partial charge in [0.1, 0.15) is 23.7 Å². The standard InChI is InChI=1S/C24H32N10O8S2/c1-24(2,22(40)41)42-30-13(17-29-23(27)44-31-17)18(36)28-14-19(37)34-15(21(38)39)12(10-43-20(14)34)9-32-8-11(4-3-5-25)16(26)33(32)6-7-35/h8,14,20,26,35H,3-7,9-10,25H2,1-2H3,(H5,27,28,29,31,36,38,39,40,41)/p+1/b30-13-/t14-,20-/m1/s1. The van der Waals surface area contributed by atoms with Gasteiger partial charge in [0.2, 0.25) is 23.3 Å². The third kappa shape index (κ3) is 6.47. The molecule has 2 aromatic rings. The number of carbonyl (C=O) groups excluding carboxylic acids is 2. The maximum absolute atomic E-state index is 13.3. The van der Waals surface area contributed by atoms with Gasteiger partial charge >= 0.3 is 11.9 Å². The van der Waals surface area contributed by atoms with Crippen molar-refractivity contribution >= 4 is 63.7 Å². The highest BCUT2D eigenvalue weighted by Crippen LogP contribution is 2.40. The van der Waals surface area contributed by atoms with E-state index in [0.717, 1.165) is 22.0 Å². The number of thioether (sulfide) groups is 1. The number of aryl methyl sites for hydroxylation is 1. The number of hydrogen-bond donors (Lipinski definition) is 7. The Morgan fingerprint density at radius 2 is 2.02 bits per heavy atom. The van der Waals surface area contributed by atoms with Crippen LogP contribution in [0.25, 0.3) is 0 Å². The number of nitrogens with two attached hydrogens (primary N) is 3. The molecule has 4 rings (SSSR count). The summed E-state index contributed by atoms with van der Waals surface area (Å²) in [6.07, 6.45) is 3.06. The van der Waals surface area contributed by atoms with E-state index in [1.165, 1.54) is 25.6 Å². The molecule has 0 unspecified atom stereocenters. The number of anilines is 2. The molecule has 44 heavy (non-hydrogen) atoms. The van der Waals surface area contributed by atoms with Gasteiger partial charge in [-0.3, -0.25) is 14.5 Å². The Balaban J connectivity index is 1.58. The molecule has 0 bridgehead atoms. The lowest BCUT2D eigenvalue weighted by molar-refractivity contribution is -0.767. The fraction of sp³-hybridized carbons (Fsp3) is 0.500. The van der Waals surface area contributed by atoms with Gasteiger partial charge in [-0.25, -0.2) is 9.59 Å². The molecule has 2 aromatic heterocycles. The van der Waals surface area contributed by atoms with Gasteiger partial charge in [-0.15, -0.1) is 21.1 Å². The predicted octanol–water partition coefficient (Wildman–Crippen LogP) is -2.30. The van der Waals surface area contributed by atoms with Crippen LogP contribution in [-0.4, -0.2) is 99.6 Å². The Morgan fingerprint density at radius 1 is 1.30 bits per heavy atom. The molecule has 20 heteroatoms. The molecule has 1 fully saturated rings. The van der Waals surface area contributed by atoms with Crippen molar-refractivity contribution in [2.45, 2.75) is 56.8 Å². The van der Waals surface area contributed by atoms with Crippen LogP contribution in [0.5, 0.6) is 0 Å². The molecule has 0 saturated carbocycles. The Hall–Kier alpha value is -4.27. The Kier molecular flexibility index (Phi) is 9.76. The number of rotatable bonds is 14. The van der Waals surface area contributed by atoms with E-state index >= 15 is 0 Å². The van der Waals surface area contributed by atoms with Crippen LogP contribution >= 0.6 is 23.3 Å². The van der Waals surface area contributed by atoms with Gasteiger partial charge in [-0.1, -0.05) is 5.16 Å². The number of aliphatic hydroxyl groups excluding tert-OH is 1. The lowest BCUT2D eigenvalue weighted by atomic mass is 10.0. The molecule has 2 aliphatic rings. The van der Waals surface area contributed by atoms with Gasteiger partial charge in [0, 0.05) is 22.9 Å². The number of aliphatic hydroxyl groups is 1. The molecule has 1 saturated heterocycles. The summed E-state index contributed by atoms with van der Waals surface area (Å²) < 4.78 is 7.27. The number of oxime groups is 1. The number of fused-ring (bicyclic) bond motifs is 1. The smallest absolute Gasteiger partial charge is 0.352 e. The summed E-state index contributed by atoms with van der Waals surface area (Å²) in [4.78, 5) is 60.5. The van der Waals surface area contributed by atoms with Crippen LogP contribution in [0.1, 0.15) is 31.7 Å². The quantitative estimate of drug-likeness (QED) is 0.0489. The van der Waals surface area contributed by atoms with Crippen molar-refractivity contribution in [3.8, 4) is 0 Å². The molecule has 0 spiro atoms. The zero-order valence-corrected chi connectivity index (χ0v) is 25.4. The first-order valence-corrected chi connectivity index (χ1v) is 15.1. The van der Waals surface area contributed by atoms with Crippen LogP contribution in [0.15, 0.2) is 22.6 Å². The summed E-state index contributed by atoms with van der Waals surface area (Å²) in [6, 6.07) is -1.14. The number of carboxylic acid groups (broad SMARTS) is 2. The maximum atomic E-state index is 13.3. The highest BCUT2D eigenvalue weighted by Gasteiger charge is 2.55. The largest absolute Gasteiger partial charge is 0.478 e. The third-order valence-electron chi connectivity index (χ3n) is 6.82. The first kappa shape index (κ1) is 32.6. The molecule has 238 valence electrons. The first-order valence-electron chi connectivity index (χ1n) is 13.3. The first-order chi connectivity index (χ1) is 20.8. The van der Waals surface area contributed by atoms with Gasteiger partial charge in [0.25, 0.3) is 11.8 Å². The van der Waals surface area contributed by atoms with Gasteiger partial charge in [-0.05, 0) is 33.2 Å². The fourth-order valence-corrected chi connectivity index (χ4v) is 6.27. The van der Waals surface area contributed by atoms with Crippen molar-refractivity contribution in [3.63, 3.8) is 0 Å². The minimum atomic E-state index is -1.81. The zero-order valence-electron chi connectivity index (χ0n) is 23.8. The number of nitrogen functional groups attached to an aromatic ring is 2. The van der Waals surface area contributed by atoms with Crippen LogP contribution in [0.4, 0.5) is 10.9 Å². The number of aromatic nitrogens is 4. The normalized spacial score (nSPS) is 18.6. The highest BCUT2D eigenvalue weighted by atomic mass is 32.2. The predicted molar refractivity (Wildman–Crippen MR) is 157 cm³/mol.